The van der Waals surface area contributed by atoms with E-state index in [1.165, 1.54) is 28.7 Å². The van der Waals surface area contributed by atoms with Crippen molar-refractivity contribution < 1.29 is 0 Å². The van der Waals surface area contributed by atoms with Crippen LogP contribution in [0.4, 0.5) is 0 Å². The van der Waals surface area contributed by atoms with Crippen LogP contribution in [0.3, 0.4) is 0 Å². The fourth-order valence-electron chi connectivity index (χ4n) is 3.31. The van der Waals surface area contributed by atoms with Crippen LogP contribution in [0.25, 0.3) is 27.3 Å². The fraction of sp³-hybridized carbons (Fsp3) is 0.235. The SMILES string of the molecule is Clc1ccccc1-c1nc2c3c4c(sc3ncn2n1)CCCC4. The van der Waals surface area contributed by atoms with Crippen LogP contribution >= 0.6 is 22.9 Å². The van der Waals surface area contributed by atoms with E-state index in [9.17, 15) is 0 Å². The zero-order chi connectivity index (χ0) is 15.4. The molecule has 0 saturated heterocycles. The molecule has 1 aliphatic rings. The van der Waals surface area contributed by atoms with Crippen LogP contribution in [0, 0.1) is 0 Å². The van der Waals surface area contributed by atoms with Gasteiger partial charge in [0.25, 0.3) is 0 Å². The van der Waals surface area contributed by atoms with Crippen LogP contribution in [0.1, 0.15) is 23.3 Å². The van der Waals surface area contributed by atoms with Gasteiger partial charge in [-0.15, -0.1) is 16.4 Å². The third-order valence-electron chi connectivity index (χ3n) is 4.41. The Morgan fingerprint density at radius 3 is 2.91 bits per heavy atom. The highest BCUT2D eigenvalue weighted by atomic mass is 35.5. The minimum Gasteiger partial charge on any atom is -0.225 e. The predicted octanol–water partition coefficient (Wildman–Crippen LogP) is 4.54. The predicted molar refractivity (Wildman–Crippen MR) is 93.3 cm³/mol. The first-order valence-corrected chi connectivity index (χ1v) is 8.91. The van der Waals surface area contributed by atoms with Gasteiger partial charge in [-0.25, -0.2) is 14.5 Å². The summed E-state index contributed by atoms with van der Waals surface area (Å²) in [6.07, 6.45) is 6.55. The molecular formula is C17H13ClN4S. The van der Waals surface area contributed by atoms with Crippen molar-refractivity contribution in [3.63, 3.8) is 0 Å². The second-order valence-electron chi connectivity index (χ2n) is 5.82. The molecular weight excluding hydrogens is 328 g/mol. The minimum atomic E-state index is 0.653. The van der Waals surface area contributed by atoms with Crippen LogP contribution in [0.15, 0.2) is 30.6 Å². The van der Waals surface area contributed by atoms with Crippen LogP contribution < -0.4 is 0 Å². The van der Waals surface area contributed by atoms with Gasteiger partial charge in [0, 0.05) is 10.4 Å². The Labute approximate surface area is 141 Å². The van der Waals surface area contributed by atoms with Gasteiger partial charge in [-0.05, 0) is 43.4 Å². The van der Waals surface area contributed by atoms with Crippen molar-refractivity contribution in [2.24, 2.45) is 0 Å². The quantitative estimate of drug-likeness (QED) is 0.511. The zero-order valence-corrected chi connectivity index (χ0v) is 13.9. The summed E-state index contributed by atoms with van der Waals surface area (Å²) >= 11 is 8.10. The van der Waals surface area contributed by atoms with E-state index < -0.39 is 0 Å². The Bertz CT molecular complexity index is 1050. The molecule has 1 aliphatic carbocycles. The molecule has 114 valence electrons. The van der Waals surface area contributed by atoms with Gasteiger partial charge in [0.15, 0.2) is 11.5 Å². The van der Waals surface area contributed by atoms with Crippen molar-refractivity contribution in [3.05, 3.63) is 46.1 Å². The van der Waals surface area contributed by atoms with Crippen molar-refractivity contribution >= 4 is 38.8 Å². The van der Waals surface area contributed by atoms with Gasteiger partial charge in [0.05, 0.1) is 10.4 Å². The number of hydrogen-bond donors (Lipinski definition) is 0. The maximum absolute atomic E-state index is 6.30. The largest absolute Gasteiger partial charge is 0.225 e. The molecule has 3 aromatic heterocycles. The maximum Gasteiger partial charge on any atom is 0.183 e. The molecule has 23 heavy (non-hydrogen) atoms. The smallest absolute Gasteiger partial charge is 0.183 e. The molecule has 3 heterocycles. The highest BCUT2D eigenvalue weighted by Crippen LogP contribution is 2.37. The summed E-state index contributed by atoms with van der Waals surface area (Å²) in [4.78, 5) is 11.9. The van der Waals surface area contributed by atoms with Gasteiger partial charge in [-0.2, -0.15) is 0 Å². The first kappa shape index (κ1) is 13.5. The van der Waals surface area contributed by atoms with E-state index in [4.69, 9.17) is 16.6 Å². The summed E-state index contributed by atoms with van der Waals surface area (Å²) in [6.45, 7) is 0. The van der Waals surface area contributed by atoms with Gasteiger partial charge in [-0.3, -0.25) is 0 Å². The van der Waals surface area contributed by atoms with Gasteiger partial charge in [0.2, 0.25) is 0 Å². The van der Waals surface area contributed by atoms with Crippen molar-refractivity contribution in [2.45, 2.75) is 25.7 Å². The second-order valence-corrected chi connectivity index (χ2v) is 7.31. The van der Waals surface area contributed by atoms with E-state index in [0.29, 0.717) is 10.8 Å². The number of hydrogen-bond acceptors (Lipinski definition) is 4. The van der Waals surface area contributed by atoms with Gasteiger partial charge >= 0.3 is 0 Å². The van der Waals surface area contributed by atoms with E-state index in [2.05, 4.69) is 10.1 Å². The third kappa shape index (κ3) is 2.00. The normalized spacial score (nSPS) is 14.5. The molecule has 6 heteroatoms. The molecule has 0 radical (unpaired) electrons. The number of halogens is 1. The van der Waals surface area contributed by atoms with Gasteiger partial charge < -0.3 is 0 Å². The number of benzene rings is 1. The molecule has 0 unspecified atom stereocenters. The maximum atomic E-state index is 6.30. The first-order chi connectivity index (χ1) is 11.3. The van der Waals surface area contributed by atoms with Crippen LogP contribution in [-0.2, 0) is 12.8 Å². The zero-order valence-electron chi connectivity index (χ0n) is 12.3. The van der Waals surface area contributed by atoms with Crippen molar-refractivity contribution in [1.29, 1.82) is 0 Å². The molecule has 0 aliphatic heterocycles. The Hall–Kier alpha value is -1.98. The number of fused-ring (bicyclic) bond motifs is 5. The standard InChI is InChI=1S/C17H13ClN4S/c18-12-7-3-1-5-10(12)15-20-16-14-11-6-2-4-8-13(11)23-17(14)19-9-22(16)21-15/h1,3,5,7,9H,2,4,6,8H2. The summed E-state index contributed by atoms with van der Waals surface area (Å²) < 4.78 is 1.78. The number of nitrogens with zero attached hydrogens (tertiary/aromatic N) is 4. The molecule has 0 bridgehead atoms. The molecule has 0 amide bonds. The van der Waals surface area contributed by atoms with Gasteiger partial charge in [0.1, 0.15) is 11.2 Å². The highest BCUT2D eigenvalue weighted by molar-refractivity contribution is 7.19. The van der Waals surface area contributed by atoms with Gasteiger partial charge in [-0.1, -0.05) is 23.7 Å². The molecule has 0 N–H and O–H groups in total. The molecule has 5 rings (SSSR count). The monoisotopic (exact) mass is 340 g/mol. The van der Waals surface area contributed by atoms with Crippen molar-refractivity contribution in [3.8, 4) is 11.4 Å². The Morgan fingerprint density at radius 2 is 2.00 bits per heavy atom. The number of thiophene rings is 1. The molecule has 1 aromatic carbocycles. The van der Waals surface area contributed by atoms with E-state index in [0.717, 1.165) is 28.9 Å². The Morgan fingerprint density at radius 1 is 1.13 bits per heavy atom. The summed E-state index contributed by atoms with van der Waals surface area (Å²) in [5, 5.41) is 6.43. The van der Waals surface area contributed by atoms with Crippen LogP contribution in [-0.4, -0.2) is 19.6 Å². The second kappa shape index (κ2) is 5.01. The topological polar surface area (TPSA) is 43.1 Å². The van der Waals surface area contributed by atoms with E-state index in [-0.39, 0.29) is 0 Å². The molecule has 0 saturated carbocycles. The average Bonchev–Trinajstić information content (AvgIpc) is 3.15. The van der Waals surface area contributed by atoms with E-state index in [1.54, 1.807) is 22.2 Å². The summed E-state index contributed by atoms with van der Waals surface area (Å²) in [6, 6.07) is 7.68. The average molecular weight is 341 g/mol. The van der Waals surface area contributed by atoms with Crippen molar-refractivity contribution in [2.75, 3.05) is 0 Å². The number of aromatic nitrogens is 4. The summed E-state index contributed by atoms with van der Waals surface area (Å²) in [5.74, 6) is 0.653. The Balaban J connectivity index is 1.81. The fourth-order valence-corrected chi connectivity index (χ4v) is 4.75. The lowest BCUT2D eigenvalue weighted by Crippen LogP contribution is -1.99. The van der Waals surface area contributed by atoms with E-state index >= 15 is 0 Å². The summed E-state index contributed by atoms with van der Waals surface area (Å²) in [5.41, 5.74) is 3.17. The van der Waals surface area contributed by atoms with Crippen LogP contribution in [0.2, 0.25) is 5.02 Å². The molecule has 0 spiro atoms. The first-order valence-electron chi connectivity index (χ1n) is 7.72. The number of aryl methyl sites for hydroxylation is 2. The molecule has 0 fully saturated rings. The molecule has 4 aromatic rings. The van der Waals surface area contributed by atoms with E-state index in [1.807, 2.05) is 24.3 Å². The lowest BCUT2D eigenvalue weighted by Gasteiger charge is -2.09. The van der Waals surface area contributed by atoms with Crippen LogP contribution in [0.5, 0.6) is 0 Å². The lowest BCUT2D eigenvalue weighted by molar-refractivity contribution is 0.700. The molecule has 0 atom stereocenters. The minimum absolute atomic E-state index is 0.653. The van der Waals surface area contributed by atoms with Crippen molar-refractivity contribution in [1.82, 2.24) is 19.6 Å². The summed E-state index contributed by atoms with van der Waals surface area (Å²) in [7, 11) is 0. The highest BCUT2D eigenvalue weighted by Gasteiger charge is 2.21. The Kier molecular flexibility index (Phi) is 2.93. The number of rotatable bonds is 1. The third-order valence-corrected chi connectivity index (χ3v) is 5.94. The molecule has 4 nitrogen and oxygen atoms in total. The lowest BCUT2D eigenvalue weighted by atomic mass is 9.97.